The largest absolute Gasteiger partial charge is 0.508 e. The Morgan fingerprint density at radius 2 is 2.00 bits per heavy atom. The Morgan fingerprint density at radius 3 is 2.72 bits per heavy atom. The molecular weight excluding hydrogens is 332 g/mol. The highest BCUT2D eigenvalue weighted by molar-refractivity contribution is 7.13. The third-order valence-electron chi connectivity index (χ3n) is 5.14. The van der Waals surface area contributed by atoms with Crippen molar-refractivity contribution in [1.29, 1.82) is 0 Å². The number of nitrogens with one attached hydrogen (secondary N) is 1. The average Bonchev–Trinajstić information content (AvgIpc) is 3.23. The summed E-state index contributed by atoms with van der Waals surface area (Å²) in [4.78, 5) is 17.2. The van der Waals surface area contributed by atoms with Crippen LogP contribution < -0.4 is 5.32 Å². The molecule has 0 fully saturated rings. The first-order valence-corrected chi connectivity index (χ1v) is 9.05. The summed E-state index contributed by atoms with van der Waals surface area (Å²) in [5.74, 6) is -0.0394. The molecule has 1 aromatic heterocycles. The van der Waals surface area contributed by atoms with E-state index in [1.807, 2.05) is 29.6 Å². The highest BCUT2D eigenvalue weighted by atomic mass is 32.1. The third-order valence-corrected chi connectivity index (χ3v) is 5.83. The number of phenolic OH excluding ortho intramolecular Hbond substituents is 1. The number of aromatic nitrogens is 1. The summed E-state index contributed by atoms with van der Waals surface area (Å²) in [7, 11) is 0. The van der Waals surface area contributed by atoms with Crippen LogP contribution in [0.3, 0.4) is 0 Å². The average molecular weight is 350 g/mol. The first kappa shape index (κ1) is 15.8. The van der Waals surface area contributed by atoms with Crippen LogP contribution in [0.5, 0.6) is 5.75 Å². The number of carbonyl (C=O) groups is 1. The standard InChI is InChI=1S/C20H18N2O2S/c1-20(14-6-8-15(23)9-7-14)16-5-3-2-4-13(16)12-17(20)18(24)22-19-21-10-11-25-19/h2-11,17,23H,12H2,1H3,(H,21,22,24)/t17-,20+/m0/s1. The minimum absolute atomic E-state index is 0.0262. The fourth-order valence-corrected chi connectivity index (χ4v) is 4.35. The normalized spacial score (nSPS) is 21.7. The molecule has 25 heavy (non-hydrogen) atoms. The van der Waals surface area contributed by atoms with Crippen molar-refractivity contribution in [3.63, 3.8) is 0 Å². The molecule has 4 nitrogen and oxygen atoms in total. The van der Waals surface area contributed by atoms with Crippen molar-refractivity contribution in [3.8, 4) is 5.75 Å². The van der Waals surface area contributed by atoms with Gasteiger partial charge in [-0.05, 0) is 35.2 Å². The van der Waals surface area contributed by atoms with Crippen molar-refractivity contribution in [2.75, 3.05) is 5.32 Å². The lowest BCUT2D eigenvalue weighted by Gasteiger charge is -2.32. The summed E-state index contributed by atoms with van der Waals surface area (Å²) >= 11 is 1.42. The predicted molar refractivity (Wildman–Crippen MR) is 98.9 cm³/mol. The number of rotatable bonds is 3. The zero-order valence-corrected chi connectivity index (χ0v) is 14.6. The lowest BCUT2D eigenvalue weighted by molar-refractivity contribution is -0.121. The maximum Gasteiger partial charge on any atom is 0.230 e. The van der Waals surface area contributed by atoms with Crippen LogP contribution in [0.1, 0.15) is 23.6 Å². The highest BCUT2D eigenvalue weighted by Crippen LogP contribution is 2.48. The van der Waals surface area contributed by atoms with Gasteiger partial charge in [-0.15, -0.1) is 11.3 Å². The van der Waals surface area contributed by atoms with E-state index in [1.54, 1.807) is 18.3 Å². The van der Waals surface area contributed by atoms with E-state index in [2.05, 4.69) is 29.4 Å². The van der Waals surface area contributed by atoms with Crippen molar-refractivity contribution in [1.82, 2.24) is 4.98 Å². The second-order valence-electron chi connectivity index (χ2n) is 6.49. The van der Waals surface area contributed by atoms with Crippen molar-refractivity contribution in [2.24, 2.45) is 5.92 Å². The molecule has 0 bridgehead atoms. The van der Waals surface area contributed by atoms with Crippen molar-refractivity contribution >= 4 is 22.4 Å². The van der Waals surface area contributed by atoms with Gasteiger partial charge in [-0.2, -0.15) is 0 Å². The zero-order chi connectivity index (χ0) is 17.4. The number of nitrogens with zero attached hydrogens (tertiary/aromatic N) is 1. The number of benzene rings is 2. The smallest absolute Gasteiger partial charge is 0.230 e. The molecule has 5 heteroatoms. The Hall–Kier alpha value is -2.66. The Balaban J connectivity index is 1.78. The van der Waals surface area contributed by atoms with E-state index in [9.17, 15) is 9.90 Å². The zero-order valence-electron chi connectivity index (χ0n) is 13.8. The van der Waals surface area contributed by atoms with Gasteiger partial charge in [0.25, 0.3) is 0 Å². The number of fused-ring (bicyclic) bond motifs is 1. The van der Waals surface area contributed by atoms with E-state index < -0.39 is 5.41 Å². The lowest BCUT2D eigenvalue weighted by Crippen LogP contribution is -2.38. The van der Waals surface area contributed by atoms with E-state index in [0.717, 1.165) is 5.56 Å². The Kier molecular flexibility index (Phi) is 3.81. The van der Waals surface area contributed by atoms with Crippen LogP contribution in [0.15, 0.2) is 60.1 Å². The van der Waals surface area contributed by atoms with Crippen LogP contribution in [0, 0.1) is 5.92 Å². The third kappa shape index (κ3) is 2.61. The number of hydrogen-bond acceptors (Lipinski definition) is 4. The highest BCUT2D eigenvalue weighted by Gasteiger charge is 2.47. The van der Waals surface area contributed by atoms with Gasteiger partial charge in [-0.25, -0.2) is 4.98 Å². The van der Waals surface area contributed by atoms with Gasteiger partial charge in [0.2, 0.25) is 5.91 Å². The summed E-state index contributed by atoms with van der Waals surface area (Å²) in [5, 5.41) is 15.1. The summed E-state index contributed by atoms with van der Waals surface area (Å²) in [5.41, 5.74) is 2.93. The van der Waals surface area contributed by atoms with Gasteiger partial charge in [0, 0.05) is 17.0 Å². The minimum atomic E-state index is -0.453. The number of thiazole rings is 1. The van der Waals surface area contributed by atoms with Crippen LogP contribution in [0.2, 0.25) is 0 Å². The topological polar surface area (TPSA) is 62.2 Å². The summed E-state index contributed by atoms with van der Waals surface area (Å²) in [6.45, 7) is 2.11. The van der Waals surface area contributed by atoms with E-state index >= 15 is 0 Å². The molecule has 0 unspecified atom stereocenters. The van der Waals surface area contributed by atoms with Crippen molar-refractivity contribution < 1.29 is 9.90 Å². The number of phenols is 1. The fourth-order valence-electron chi connectivity index (χ4n) is 3.81. The van der Waals surface area contributed by atoms with E-state index in [-0.39, 0.29) is 17.6 Å². The van der Waals surface area contributed by atoms with Gasteiger partial charge in [0.1, 0.15) is 5.75 Å². The van der Waals surface area contributed by atoms with Crippen LogP contribution in [-0.4, -0.2) is 16.0 Å². The van der Waals surface area contributed by atoms with E-state index in [4.69, 9.17) is 0 Å². The molecule has 1 aliphatic rings. The van der Waals surface area contributed by atoms with Crippen LogP contribution >= 0.6 is 11.3 Å². The van der Waals surface area contributed by atoms with Gasteiger partial charge in [0.15, 0.2) is 5.13 Å². The molecule has 0 saturated carbocycles. The molecule has 1 amide bonds. The van der Waals surface area contributed by atoms with Crippen LogP contribution in [-0.2, 0) is 16.6 Å². The van der Waals surface area contributed by atoms with Crippen LogP contribution in [0.25, 0.3) is 0 Å². The lowest BCUT2D eigenvalue weighted by atomic mass is 9.71. The SMILES string of the molecule is C[C@@]1(c2ccc(O)cc2)c2ccccc2C[C@H]1C(=O)Nc1nccs1. The maximum atomic E-state index is 13.0. The molecule has 2 atom stereocenters. The molecule has 126 valence electrons. The molecule has 1 aliphatic carbocycles. The molecule has 3 aromatic rings. The predicted octanol–water partition coefficient (Wildman–Crippen LogP) is 3.97. The molecule has 0 saturated heterocycles. The van der Waals surface area contributed by atoms with Gasteiger partial charge < -0.3 is 10.4 Å². The van der Waals surface area contributed by atoms with Gasteiger partial charge in [-0.3, -0.25) is 4.79 Å². The minimum Gasteiger partial charge on any atom is -0.508 e. The number of anilines is 1. The summed E-state index contributed by atoms with van der Waals surface area (Å²) < 4.78 is 0. The molecule has 0 aliphatic heterocycles. The van der Waals surface area contributed by atoms with Crippen molar-refractivity contribution in [2.45, 2.75) is 18.8 Å². The number of amides is 1. The van der Waals surface area contributed by atoms with Gasteiger partial charge >= 0.3 is 0 Å². The molecule has 2 aromatic carbocycles. The van der Waals surface area contributed by atoms with E-state index in [1.165, 1.54) is 22.5 Å². The van der Waals surface area contributed by atoms with Gasteiger partial charge in [-0.1, -0.05) is 43.3 Å². The second-order valence-corrected chi connectivity index (χ2v) is 7.38. The quantitative estimate of drug-likeness (QED) is 0.751. The Morgan fingerprint density at radius 1 is 1.24 bits per heavy atom. The van der Waals surface area contributed by atoms with Crippen molar-refractivity contribution in [3.05, 3.63) is 76.8 Å². The number of hydrogen-bond donors (Lipinski definition) is 2. The summed E-state index contributed by atoms with van der Waals surface area (Å²) in [6.07, 6.45) is 2.37. The van der Waals surface area contributed by atoms with E-state index in [0.29, 0.717) is 11.6 Å². The number of carbonyl (C=O) groups excluding carboxylic acids is 1. The first-order chi connectivity index (χ1) is 12.1. The number of aromatic hydroxyl groups is 1. The molecular formula is C20H18N2O2S. The molecule has 2 N–H and O–H groups in total. The molecule has 4 rings (SSSR count). The molecule has 0 spiro atoms. The first-order valence-electron chi connectivity index (χ1n) is 8.17. The summed E-state index contributed by atoms with van der Waals surface area (Å²) in [6, 6.07) is 15.4. The molecule has 0 radical (unpaired) electrons. The fraction of sp³-hybridized carbons (Fsp3) is 0.200. The van der Waals surface area contributed by atoms with Crippen LogP contribution in [0.4, 0.5) is 5.13 Å². The molecule has 1 heterocycles. The Bertz CT molecular complexity index is 906. The Labute approximate surface area is 150 Å². The second kappa shape index (κ2) is 6.01. The monoisotopic (exact) mass is 350 g/mol. The maximum absolute atomic E-state index is 13.0. The van der Waals surface area contributed by atoms with Gasteiger partial charge in [0.05, 0.1) is 5.92 Å².